The van der Waals surface area contributed by atoms with Crippen LogP contribution < -0.4 is 28.6 Å². The summed E-state index contributed by atoms with van der Waals surface area (Å²) in [7, 11) is 8.31. The summed E-state index contributed by atoms with van der Waals surface area (Å²) in [6.45, 7) is 4.50. The quantitative estimate of drug-likeness (QED) is 0.291. The number of anilines is 1. The van der Waals surface area contributed by atoms with Crippen LogP contribution in [0.3, 0.4) is 0 Å². The van der Waals surface area contributed by atoms with Gasteiger partial charge < -0.3 is 28.6 Å². The van der Waals surface area contributed by atoms with Crippen LogP contribution >= 0.6 is 0 Å². The van der Waals surface area contributed by atoms with Crippen LogP contribution in [0.1, 0.15) is 5.56 Å². The summed E-state index contributed by atoms with van der Waals surface area (Å²) in [6.07, 6.45) is 1.98. The molecule has 1 fully saturated rings. The molecule has 0 bridgehead atoms. The van der Waals surface area contributed by atoms with Crippen LogP contribution in [0.2, 0.25) is 0 Å². The average molecular weight is 530 g/mol. The highest BCUT2D eigenvalue weighted by molar-refractivity contribution is 5.98. The first-order chi connectivity index (χ1) is 19.1. The van der Waals surface area contributed by atoms with Crippen molar-refractivity contribution in [3.8, 4) is 40.0 Å². The molecule has 39 heavy (non-hydrogen) atoms. The minimum Gasteiger partial charge on any atom is -0.495 e. The molecule has 3 aromatic carbocycles. The van der Waals surface area contributed by atoms with Crippen molar-refractivity contribution in [3.05, 3.63) is 66.4 Å². The lowest BCUT2D eigenvalue weighted by Crippen LogP contribution is -2.46. The Morgan fingerprint density at radius 2 is 1.26 bits per heavy atom. The van der Waals surface area contributed by atoms with Crippen LogP contribution in [0.4, 0.5) is 5.69 Å². The summed E-state index contributed by atoms with van der Waals surface area (Å²) in [6, 6.07) is 18.1. The van der Waals surface area contributed by atoms with E-state index in [4.69, 9.17) is 28.7 Å². The van der Waals surface area contributed by atoms with Gasteiger partial charge in [-0.05, 0) is 53.4 Å². The van der Waals surface area contributed by atoms with E-state index in [1.807, 2.05) is 42.6 Å². The van der Waals surface area contributed by atoms with Crippen molar-refractivity contribution in [1.29, 1.82) is 0 Å². The molecular weight excluding hydrogens is 494 g/mol. The van der Waals surface area contributed by atoms with E-state index >= 15 is 0 Å². The third kappa shape index (κ3) is 5.25. The van der Waals surface area contributed by atoms with Crippen molar-refractivity contribution in [2.75, 3.05) is 66.6 Å². The zero-order chi connectivity index (χ0) is 27.4. The van der Waals surface area contributed by atoms with Crippen LogP contribution in [0.25, 0.3) is 22.0 Å². The first kappa shape index (κ1) is 26.4. The van der Waals surface area contributed by atoms with Crippen LogP contribution in [-0.2, 0) is 6.54 Å². The first-order valence-corrected chi connectivity index (χ1v) is 13.0. The molecule has 1 aromatic heterocycles. The molecule has 0 spiro atoms. The van der Waals surface area contributed by atoms with Crippen LogP contribution in [0.5, 0.6) is 28.7 Å². The zero-order valence-corrected chi connectivity index (χ0v) is 23.2. The van der Waals surface area contributed by atoms with Gasteiger partial charge in [0.2, 0.25) is 0 Å². The number of ether oxygens (including phenoxy) is 5. The number of aromatic nitrogens is 1. The molecule has 1 aliphatic heterocycles. The summed E-state index contributed by atoms with van der Waals surface area (Å²) < 4.78 is 27.9. The second-order valence-electron chi connectivity index (χ2n) is 9.39. The molecule has 204 valence electrons. The minimum absolute atomic E-state index is 0.655. The fourth-order valence-electron chi connectivity index (χ4n) is 5.24. The third-order valence-electron chi connectivity index (χ3n) is 7.32. The lowest BCUT2D eigenvalue weighted by atomic mass is 9.99. The van der Waals surface area contributed by atoms with Gasteiger partial charge >= 0.3 is 0 Å². The summed E-state index contributed by atoms with van der Waals surface area (Å²) in [5, 5.41) is 2.07. The number of pyridine rings is 1. The molecule has 8 heteroatoms. The molecule has 1 aliphatic rings. The summed E-state index contributed by atoms with van der Waals surface area (Å²) >= 11 is 0. The van der Waals surface area contributed by atoms with Crippen molar-refractivity contribution >= 4 is 16.5 Å². The van der Waals surface area contributed by atoms with Gasteiger partial charge in [0.15, 0.2) is 23.0 Å². The molecule has 0 aliphatic carbocycles. The van der Waals surface area contributed by atoms with E-state index in [-0.39, 0.29) is 0 Å². The number of rotatable bonds is 9. The fourth-order valence-corrected chi connectivity index (χ4v) is 5.24. The van der Waals surface area contributed by atoms with Gasteiger partial charge in [-0.15, -0.1) is 0 Å². The van der Waals surface area contributed by atoms with Gasteiger partial charge in [-0.2, -0.15) is 0 Å². The Labute approximate surface area is 229 Å². The van der Waals surface area contributed by atoms with E-state index in [1.165, 1.54) is 0 Å². The topological polar surface area (TPSA) is 65.5 Å². The number of piperazine rings is 1. The Morgan fingerprint density at radius 3 is 1.92 bits per heavy atom. The van der Waals surface area contributed by atoms with Gasteiger partial charge in [0, 0.05) is 49.9 Å². The number of benzene rings is 3. The molecule has 2 heterocycles. The zero-order valence-electron chi connectivity index (χ0n) is 23.2. The summed E-state index contributed by atoms with van der Waals surface area (Å²) in [4.78, 5) is 9.80. The van der Waals surface area contributed by atoms with Crippen molar-refractivity contribution in [2.24, 2.45) is 0 Å². The van der Waals surface area contributed by atoms with Crippen LogP contribution in [-0.4, -0.2) is 71.6 Å². The summed E-state index contributed by atoms with van der Waals surface area (Å²) in [5.41, 5.74) is 4.06. The number of para-hydroxylation sites is 2. The molecule has 5 rings (SSSR count). The Hall–Kier alpha value is -4.17. The largest absolute Gasteiger partial charge is 0.495 e. The van der Waals surface area contributed by atoms with Crippen molar-refractivity contribution in [3.63, 3.8) is 0 Å². The SMILES string of the molecule is COc1ccc(-c2ncc(CN3CCN(c4ccccc4OC)CC3)c3cc(OC)c(OC)cc23)cc1OC. The molecule has 4 aromatic rings. The lowest BCUT2D eigenvalue weighted by Gasteiger charge is -2.36. The van der Waals surface area contributed by atoms with Crippen molar-refractivity contribution in [1.82, 2.24) is 9.88 Å². The molecule has 0 atom stereocenters. The fraction of sp³-hybridized carbons (Fsp3) is 0.323. The van der Waals surface area contributed by atoms with Gasteiger partial charge in [-0.3, -0.25) is 9.88 Å². The number of fused-ring (bicyclic) bond motifs is 1. The molecule has 0 radical (unpaired) electrons. The maximum absolute atomic E-state index is 5.67. The molecule has 0 saturated carbocycles. The molecule has 1 saturated heterocycles. The maximum atomic E-state index is 5.67. The summed E-state index contributed by atoms with van der Waals surface area (Å²) in [5.74, 6) is 3.59. The van der Waals surface area contributed by atoms with Crippen LogP contribution in [0, 0.1) is 0 Å². The minimum atomic E-state index is 0.655. The lowest BCUT2D eigenvalue weighted by molar-refractivity contribution is 0.249. The van der Waals surface area contributed by atoms with E-state index in [0.717, 1.165) is 71.8 Å². The van der Waals surface area contributed by atoms with Gasteiger partial charge in [-0.1, -0.05) is 12.1 Å². The van der Waals surface area contributed by atoms with Crippen molar-refractivity contribution < 1.29 is 23.7 Å². The van der Waals surface area contributed by atoms with Gasteiger partial charge in [-0.25, -0.2) is 0 Å². The maximum Gasteiger partial charge on any atom is 0.161 e. The number of hydrogen-bond acceptors (Lipinski definition) is 8. The first-order valence-electron chi connectivity index (χ1n) is 13.0. The van der Waals surface area contributed by atoms with E-state index in [9.17, 15) is 0 Å². The highest BCUT2D eigenvalue weighted by Gasteiger charge is 2.22. The van der Waals surface area contributed by atoms with E-state index in [2.05, 4.69) is 28.0 Å². The third-order valence-corrected chi connectivity index (χ3v) is 7.32. The molecule has 8 nitrogen and oxygen atoms in total. The van der Waals surface area contributed by atoms with Crippen LogP contribution in [0.15, 0.2) is 60.8 Å². The number of nitrogens with zero attached hydrogens (tertiary/aromatic N) is 3. The van der Waals surface area contributed by atoms with Gasteiger partial charge in [0.25, 0.3) is 0 Å². The van der Waals surface area contributed by atoms with E-state index < -0.39 is 0 Å². The predicted molar refractivity (Wildman–Crippen MR) is 154 cm³/mol. The Balaban J connectivity index is 1.47. The highest BCUT2D eigenvalue weighted by atomic mass is 16.5. The Kier molecular flexibility index (Phi) is 7.93. The molecule has 0 amide bonds. The smallest absolute Gasteiger partial charge is 0.161 e. The van der Waals surface area contributed by atoms with E-state index in [1.54, 1.807) is 35.5 Å². The monoisotopic (exact) mass is 529 g/mol. The molecule has 0 unspecified atom stereocenters. The van der Waals surface area contributed by atoms with Gasteiger partial charge in [0.1, 0.15) is 5.75 Å². The highest BCUT2D eigenvalue weighted by Crippen LogP contribution is 2.40. The van der Waals surface area contributed by atoms with Crippen molar-refractivity contribution in [2.45, 2.75) is 6.54 Å². The molecule has 0 N–H and O–H groups in total. The van der Waals surface area contributed by atoms with Gasteiger partial charge in [0.05, 0.1) is 46.9 Å². The number of hydrogen-bond donors (Lipinski definition) is 0. The normalized spacial score (nSPS) is 13.8. The standard InChI is InChI=1S/C31H35N3O5/c1-35-26-9-7-6-8-25(26)34-14-12-33(13-15-34)20-22-19-32-31(21-10-11-27(36-2)28(16-21)37-3)24-18-30(39-5)29(38-4)17-23(22)24/h6-11,16-19H,12-15,20H2,1-5H3. The average Bonchev–Trinajstić information content (AvgIpc) is 3.00. The number of methoxy groups -OCH3 is 5. The predicted octanol–water partition coefficient (Wildman–Crippen LogP) is 5.27. The Morgan fingerprint density at radius 1 is 0.641 bits per heavy atom. The second kappa shape index (κ2) is 11.7. The van der Waals surface area contributed by atoms with E-state index in [0.29, 0.717) is 23.0 Å². The molecular formula is C31H35N3O5. The Bertz CT molecular complexity index is 1450. The second-order valence-corrected chi connectivity index (χ2v) is 9.39.